The number of hydrogen-bond donors (Lipinski definition) is 0. The molecule has 0 aromatic heterocycles. The van der Waals surface area contributed by atoms with Gasteiger partial charge in [-0.1, -0.05) is 0 Å². The first-order chi connectivity index (χ1) is 4.36. The minimum atomic E-state index is 0.469. The van der Waals surface area contributed by atoms with Gasteiger partial charge in [0.1, 0.15) is 5.78 Å². The van der Waals surface area contributed by atoms with Gasteiger partial charge in [-0.05, 0) is 18.8 Å². The Morgan fingerprint density at radius 3 is 2.67 bits per heavy atom. The summed E-state index contributed by atoms with van der Waals surface area (Å²) in [6.07, 6.45) is 3.63. The fraction of sp³-hybridized carbons (Fsp3) is 0.857. The van der Waals surface area contributed by atoms with Gasteiger partial charge in [-0.3, -0.25) is 4.79 Å². The highest BCUT2D eigenvalue weighted by atomic mass is 32.2. The molecular weight excluding hydrogens is 132 g/mol. The molecule has 50 valence electrons. The van der Waals surface area contributed by atoms with E-state index in [-0.39, 0.29) is 0 Å². The summed E-state index contributed by atoms with van der Waals surface area (Å²) in [5, 5.41) is 0.720. The number of hydrogen-bond acceptors (Lipinski definition) is 2. The molecule has 1 aliphatic heterocycles. The molecule has 1 heterocycles. The predicted molar refractivity (Wildman–Crippen MR) is 38.6 cm³/mol. The monoisotopic (exact) mass is 142 g/mol. The van der Waals surface area contributed by atoms with E-state index >= 15 is 0 Å². The molecule has 1 aliphatic carbocycles. The van der Waals surface area contributed by atoms with Crippen LogP contribution in [0, 0.1) is 5.92 Å². The summed E-state index contributed by atoms with van der Waals surface area (Å²) in [5.74, 6) is 2.18. The molecule has 0 bridgehead atoms. The van der Waals surface area contributed by atoms with Crippen LogP contribution in [0.15, 0.2) is 0 Å². The van der Waals surface area contributed by atoms with Crippen LogP contribution < -0.4 is 0 Å². The summed E-state index contributed by atoms with van der Waals surface area (Å²) in [6, 6.07) is 0. The maximum Gasteiger partial charge on any atom is 0.143 e. The van der Waals surface area contributed by atoms with E-state index in [9.17, 15) is 4.79 Å². The van der Waals surface area contributed by atoms with E-state index < -0.39 is 0 Å². The minimum absolute atomic E-state index is 0.469. The number of carbonyl (C=O) groups excluding carboxylic acids is 1. The number of thioether (sulfide) groups is 1. The van der Waals surface area contributed by atoms with Crippen LogP contribution in [0.4, 0.5) is 0 Å². The Hall–Kier alpha value is 0.0200. The van der Waals surface area contributed by atoms with Crippen LogP contribution in [0.2, 0.25) is 0 Å². The first-order valence-corrected chi connectivity index (χ1v) is 4.54. The van der Waals surface area contributed by atoms with Crippen molar-refractivity contribution in [3.63, 3.8) is 0 Å². The van der Waals surface area contributed by atoms with E-state index in [0.717, 1.165) is 23.3 Å². The molecule has 2 heteroatoms. The third-order valence-corrected chi connectivity index (χ3v) is 3.50. The normalized spacial score (nSPS) is 35.6. The molecule has 1 saturated heterocycles. The van der Waals surface area contributed by atoms with Crippen molar-refractivity contribution >= 4 is 17.5 Å². The van der Waals surface area contributed by atoms with Crippen LogP contribution >= 0.6 is 11.8 Å². The Labute approximate surface area is 59.2 Å². The smallest absolute Gasteiger partial charge is 0.143 e. The third kappa shape index (κ3) is 1.13. The van der Waals surface area contributed by atoms with E-state index in [1.54, 1.807) is 0 Å². The van der Waals surface area contributed by atoms with Gasteiger partial charge in [-0.15, -0.1) is 11.8 Å². The van der Waals surface area contributed by atoms with Crippen molar-refractivity contribution < 1.29 is 4.79 Å². The number of Topliss-reactive ketones (excluding diaryl/α,β-unsaturated/α-hetero) is 1. The Balaban J connectivity index is 1.92. The van der Waals surface area contributed by atoms with E-state index in [0.29, 0.717) is 5.78 Å². The van der Waals surface area contributed by atoms with Crippen molar-refractivity contribution in [2.75, 3.05) is 5.75 Å². The van der Waals surface area contributed by atoms with Crippen LogP contribution in [0.1, 0.15) is 19.3 Å². The summed E-state index contributed by atoms with van der Waals surface area (Å²) < 4.78 is 0. The van der Waals surface area contributed by atoms with Gasteiger partial charge in [0, 0.05) is 11.7 Å². The zero-order valence-electron chi connectivity index (χ0n) is 5.30. The maximum absolute atomic E-state index is 10.8. The van der Waals surface area contributed by atoms with Crippen molar-refractivity contribution in [3.05, 3.63) is 0 Å². The zero-order valence-corrected chi connectivity index (χ0v) is 6.12. The molecule has 0 N–H and O–H groups in total. The minimum Gasteiger partial charge on any atom is -0.299 e. The van der Waals surface area contributed by atoms with Crippen LogP contribution in [0.3, 0.4) is 0 Å². The number of ketones is 1. The van der Waals surface area contributed by atoms with Gasteiger partial charge >= 0.3 is 0 Å². The van der Waals surface area contributed by atoms with Crippen molar-refractivity contribution in [3.8, 4) is 0 Å². The summed E-state index contributed by atoms with van der Waals surface area (Å²) in [4.78, 5) is 10.8. The highest BCUT2D eigenvalue weighted by molar-refractivity contribution is 8.01. The quantitative estimate of drug-likeness (QED) is 0.551. The van der Waals surface area contributed by atoms with Crippen LogP contribution in [0.5, 0.6) is 0 Å². The molecule has 2 fully saturated rings. The lowest BCUT2D eigenvalue weighted by Gasteiger charge is -2.00. The van der Waals surface area contributed by atoms with E-state index in [4.69, 9.17) is 0 Å². The number of rotatable bonds is 1. The number of carbonyl (C=O) groups is 1. The van der Waals surface area contributed by atoms with Gasteiger partial charge in [-0.2, -0.15) is 0 Å². The lowest BCUT2D eigenvalue weighted by atomic mass is 10.2. The molecule has 0 aromatic carbocycles. The Kier molecular flexibility index (Phi) is 1.29. The molecule has 2 rings (SSSR count). The average molecular weight is 142 g/mol. The van der Waals surface area contributed by atoms with Gasteiger partial charge in [0.25, 0.3) is 0 Å². The molecule has 1 saturated carbocycles. The summed E-state index contributed by atoms with van der Waals surface area (Å²) in [5.41, 5.74) is 0. The molecule has 0 amide bonds. The molecule has 0 aromatic rings. The Morgan fingerprint density at radius 2 is 2.22 bits per heavy atom. The first-order valence-electron chi connectivity index (χ1n) is 3.49. The molecule has 0 spiro atoms. The summed E-state index contributed by atoms with van der Waals surface area (Å²) in [6.45, 7) is 0. The second kappa shape index (κ2) is 2.01. The van der Waals surface area contributed by atoms with Crippen LogP contribution in [-0.4, -0.2) is 16.8 Å². The molecule has 1 unspecified atom stereocenters. The van der Waals surface area contributed by atoms with Gasteiger partial charge in [0.2, 0.25) is 0 Å². The topological polar surface area (TPSA) is 17.1 Å². The van der Waals surface area contributed by atoms with Crippen molar-refractivity contribution in [1.29, 1.82) is 0 Å². The molecular formula is C7H10OS. The second-order valence-corrected chi connectivity index (χ2v) is 4.16. The van der Waals surface area contributed by atoms with Crippen molar-refractivity contribution in [2.45, 2.75) is 24.5 Å². The molecule has 1 atom stereocenters. The lowest BCUT2D eigenvalue weighted by Crippen LogP contribution is -2.01. The van der Waals surface area contributed by atoms with Crippen LogP contribution in [0.25, 0.3) is 0 Å². The average Bonchev–Trinajstić information content (AvgIpc) is 2.58. The molecule has 2 aliphatic rings. The standard InChI is InChI=1S/C7H10OS/c8-6-3-7(9-4-6)5-1-2-5/h5,7H,1-4H2. The van der Waals surface area contributed by atoms with Crippen molar-refractivity contribution in [1.82, 2.24) is 0 Å². The predicted octanol–water partition coefficient (Wildman–Crippen LogP) is 1.47. The Morgan fingerprint density at radius 1 is 1.44 bits per heavy atom. The van der Waals surface area contributed by atoms with Gasteiger partial charge in [0.15, 0.2) is 0 Å². The Bertz CT molecular complexity index is 140. The lowest BCUT2D eigenvalue weighted by molar-refractivity contribution is -0.116. The van der Waals surface area contributed by atoms with Crippen LogP contribution in [-0.2, 0) is 4.79 Å². The van der Waals surface area contributed by atoms with E-state index in [1.165, 1.54) is 12.8 Å². The second-order valence-electron chi connectivity index (χ2n) is 2.93. The zero-order chi connectivity index (χ0) is 6.27. The van der Waals surface area contributed by atoms with Crippen molar-refractivity contribution in [2.24, 2.45) is 5.92 Å². The third-order valence-electron chi connectivity index (χ3n) is 2.04. The molecule has 9 heavy (non-hydrogen) atoms. The SMILES string of the molecule is O=C1CSC(C2CC2)C1. The highest BCUT2D eigenvalue weighted by Crippen LogP contribution is 2.43. The van der Waals surface area contributed by atoms with E-state index in [2.05, 4.69) is 0 Å². The summed E-state index contributed by atoms with van der Waals surface area (Å²) in [7, 11) is 0. The fourth-order valence-electron chi connectivity index (χ4n) is 1.31. The largest absolute Gasteiger partial charge is 0.299 e. The van der Waals surface area contributed by atoms with E-state index in [1.807, 2.05) is 11.8 Å². The fourth-order valence-corrected chi connectivity index (χ4v) is 2.68. The maximum atomic E-state index is 10.8. The highest BCUT2D eigenvalue weighted by Gasteiger charge is 2.36. The molecule has 1 nitrogen and oxygen atoms in total. The van der Waals surface area contributed by atoms with Gasteiger partial charge < -0.3 is 0 Å². The first kappa shape index (κ1) is 5.78. The molecule has 0 radical (unpaired) electrons. The van der Waals surface area contributed by atoms with Gasteiger partial charge in [-0.25, -0.2) is 0 Å². The van der Waals surface area contributed by atoms with Gasteiger partial charge in [0.05, 0.1) is 5.75 Å². The summed E-state index contributed by atoms with van der Waals surface area (Å²) >= 11 is 1.87.